The summed E-state index contributed by atoms with van der Waals surface area (Å²) >= 11 is 1.59. The monoisotopic (exact) mass is 339 g/mol. The molecule has 23 heavy (non-hydrogen) atoms. The van der Waals surface area contributed by atoms with Crippen LogP contribution in [-0.2, 0) is 6.18 Å². The Bertz CT molecular complexity index is 683. The molecule has 0 aliphatic rings. The van der Waals surface area contributed by atoms with Gasteiger partial charge in [0.25, 0.3) is 5.91 Å². The molecule has 0 saturated carbocycles. The lowest BCUT2D eigenvalue weighted by molar-refractivity contribution is -0.137. The minimum Gasteiger partial charge on any atom is -0.346 e. The van der Waals surface area contributed by atoms with Crippen molar-refractivity contribution >= 4 is 17.7 Å². The number of halogens is 3. The summed E-state index contributed by atoms with van der Waals surface area (Å²) in [5.41, 5.74) is -0.462. The van der Waals surface area contributed by atoms with Crippen molar-refractivity contribution < 1.29 is 18.0 Å². The Morgan fingerprint density at radius 1 is 1.09 bits per heavy atom. The molecule has 6 heteroatoms. The highest BCUT2D eigenvalue weighted by Gasteiger charge is 2.35. The Labute approximate surface area is 137 Å². The van der Waals surface area contributed by atoms with Crippen LogP contribution in [0.25, 0.3) is 0 Å². The Morgan fingerprint density at radius 2 is 1.70 bits per heavy atom. The van der Waals surface area contributed by atoms with Crippen LogP contribution < -0.4 is 5.32 Å². The van der Waals surface area contributed by atoms with E-state index >= 15 is 0 Å². The number of nitrogens with one attached hydrogen (secondary N) is 1. The van der Waals surface area contributed by atoms with Gasteiger partial charge in [-0.25, -0.2) is 0 Å². The molecular formula is C17H16F3NOS. The number of carbonyl (C=O) groups is 1. The minimum atomic E-state index is -4.56. The Balaban J connectivity index is 2.18. The topological polar surface area (TPSA) is 29.1 Å². The van der Waals surface area contributed by atoms with Gasteiger partial charge in [-0.3, -0.25) is 4.79 Å². The predicted molar refractivity (Wildman–Crippen MR) is 85.5 cm³/mol. The van der Waals surface area contributed by atoms with Gasteiger partial charge in [-0.05, 0) is 43.0 Å². The van der Waals surface area contributed by atoms with Gasteiger partial charge in [-0.1, -0.05) is 24.3 Å². The lowest BCUT2D eigenvalue weighted by Crippen LogP contribution is -2.28. The average Bonchev–Trinajstić information content (AvgIpc) is 2.54. The molecule has 0 aliphatic carbocycles. The fourth-order valence-electron chi connectivity index (χ4n) is 2.18. The maximum absolute atomic E-state index is 13.0. The molecule has 0 fully saturated rings. The maximum atomic E-state index is 13.0. The summed E-state index contributed by atoms with van der Waals surface area (Å²) in [7, 11) is 0. The van der Waals surface area contributed by atoms with Gasteiger partial charge in [0.1, 0.15) is 0 Å². The SMILES string of the molecule is CSc1ccc([C@H](C)NC(=O)c2ccccc2C(F)(F)F)cc1. The highest BCUT2D eigenvalue weighted by molar-refractivity contribution is 7.98. The zero-order valence-corrected chi connectivity index (χ0v) is 13.5. The maximum Gasteiger partial charge on any atom is 0.417 e. The lowest BCUT2D eigenvalue weighted by Gasteiger charge is -2.17. The second-order valence-corrected chi connectivity index (χ2v) is 5.89. The number of rotatable bonds is 4. The first-order valence-corrected chi connectivity index (χ1v) is 8.16. The van der Waals surface area contributed by atoms with Gasteiger partial charge in [0.2, 0.25) is 0 Å². The molecular weight excluding hydrogens is 323 g/mol. The smallest absolute Gasteiger partial charge is 0.346 e. The number of thioether (sulfide) groups is 1. The van der Waals surface area contributed by atoms with Crippen molar-refractivity contribution in [2.45, 2.75) is 24.0 Å². The third kappa shape index (κ3) is 4.28. The van der Waals surface area contributed by atoms with Gasteiger partial charge in [0, 0.05) is 4.90 Å². The second kappa shape index (κ2) is 7.08. The zero-order valence-electron chi connectivity index (χ0n) is 12.6. The summed E-state index contributed by atoms with van der Waals surface area (Å²) in [5.74, 6) is -0.737. The number of hydrogen-bond acceptors (Lipinski definition) is 2. The van der Waals surface area contributed by atoms with Crippen molar-refractivity contribution in [3.63, 3.8) is 0 Å². The fourth-order valence-corrected chi connectivity index (χ4v) is 2.59. The molecule has 122 valence electrons. The number of benzene rings is 2. The third-order valence-corrected chi connectivity index (χ3v) is 4.18. The lowest BCUT2D eigenvalue weighted by atomic mass is 10.0. The van der Waals surface area contributed by atoms with E-state index in [1.807, 2.05) is 30.5 Å². The third-order valence-electron chi connectivity index (χ3n) is 3.44. The summed E-state index contributed by atoms with van der Waals surface area (Å²) in [4.78, 5) is 13.3. The Hall–Kier alpha value is -1.95. The van der Waals surface area contributed by atoms with Crippen molar-refractivity contribution in [2.24, 2.45) is 0 Å². The van der Waals surface area contributed by atoms with Gasteiger partial charge < -0.3 is 5.32 Å². The molecule has 1 N–H and O–H groups in total. The predicted octanol–water partition coefficient (Wildman–Crippen LogP) is 4.92. The van der Waals surface area contributed by atoms with Crippen LogP contribution in [-0.4, -0.2) is 12.2 Å². The normalized spacial score (nSPS) is 12.7. The molecule has 0 saturated heterocycles. The quantitative estimate of drug-likeness (QED) is 0.801. The number of hydrogen-bond donors (Lipinski definition) is 1. The number of carbonyl (C=O) groups excluding carboxylic acids is 1. The number of amides is 1. The first-order valence-electron chi connectivity index (χ1n) is 6.94. The molecule has 2 nitrogen and oxygen atoms in total. The molecule has 0 bridgehead atoms. The molecule has 0 radical (unpaired) electrons. The van der Waals surface area contributed by atoms with Gasteiger partial charge in [-0.15, -0.1) is 11.8 Å². The van der Waals surface area contributed by atoms with Crippen molar-refractivity contribution in [1.29, 1.82) is 0 Å². The van der Waals surface area contributed by atoms with E-state index in [1.165, 1.54) is 18.2 Å². The van der Waals surface area contributed by atoms with E-state index in [1.54, 1.807) is 18.7 Å². The summed E-state index contributed by atoms with van der Waals surface area (Å²) < 4.78 is 38.9. The van der Waals surface area contributed by atoms with Gasteiger partial charge in [-0.2, -0.15) is 13.2 Å². The van der Waals surface area contributed by atoms with Gasteiger partial charge in [0.15, 0.2) is 0 Å². The van der Waals surface area contributed by atoms with Crippen molar-refractivity contribution in [3.8, 4) is 0 Å². The molecule has 2 rings (SSSR count). The van der Waals surface area contributed by atoms with Crippen LogP contribution in [0.1, 0.15) is 34.5 Å². The number of alkyl halides is 3. The average molecular weight is 339 g/mol. The van der Waals surface area contributed by atoms with Crippen LogP contribution in [0, 0.1) is 0 Å². The standard InChI is InChI=1S/C17H16F3NOS/c1-11(12-7-9-13(23-2)10-8-12)21-16(22)14-5-3-4-6-15(14)17(18,19)20/h3-11H,1-2H3,(H,21,22)/t11-/m0/s1. The van der Waals surface area contributed by atoms with Crippen molar-refractivity contribution in [1.82, 2.24) is 5.32 Å². The van der Waals surface area contributed by atoms with Crippen LogP contribution in [0.5, 0.6) is 0 Å². The highest BCUT2D eigenvalue weighted by atomic mass is 32.2. The van der Waals surface area contributed by atoms with E-state index < -0.39 is 17.6 Å². The minimum absolute atomic E-state index is 0.368. The first kappa shape index (κ1) is 17.4. The summed E-state index contributed by atoms with van der Waals surface area (Å²) in [6, 6.07) is 11.9. The van der Waals surface area contributed by atoms with E-state index in [0.29, 0.717) is 0 Å². The fraction of sp³-hybridized carbons (Fsp3) is 0.235. The van der Waals surface area contributed by atoms with Crippen LogP contribution in [0.15, 0.2) is 53.4 Å². The molecule has 0 unspecified atom stereocenters. The van der Waals surface area contributed by atoms with Gasteiger partial charge in [0.05, 0.1) is 17.2 Å². The van der Waals surface area contributed by atoms with E-state index in [9.17, 15) is 18.0 Å². The van der Waals surface area contributed by atoms with Gasteiger partial charge >= 0.3 is 6.18 Å². The molecule has 2 aromatic rings. The van der Waals surface area contributed by atoms with Crippen LogP contribution in [0.3, 0.4) is 0 Å². The first-order chi connectivity index (χ1) is 10.8. The highest BCUT2D eigenvalue weighted by Crippen LogP contribution is 2.32. The molecule has 1 amide bonds. The van der Waals surface area contributed by atoms with E-state index in [-0.39, 0.29) is 11.6 Å². The van der Waals surface area contributed by atoms with Crippen molar-refractivity contribution in [2.75, 3.05) is 6.26 Å². The second-order valence-electron chi connectivity index (χ2n) is 5.01. The molecule has 0 heterocycles. The van der Waals surface area contributed by atoms with Crippen LogP contribution in [0.4, 0.5) is 13.2 Å². The van der Waals surface area contributed by atoms with E-state index in [4.69, 9.17) is 0 Å². The molecule has 0 aliphatic heterocycles. The van der Waals surface area contributed by atoms with E-state index in [2.05, 4.69) is 5.32 Å². The summed E-state index contributed by atoms with van der Waals surface area (Å²) in [6.07, 6.45) is -2.61. The van der Waals surface area contributed by atoms with E-state index in [0.717, 1.165) is 16.5 Å². The largest absolute Gasteiger partial charge is 0.417 e. The Kier molecular flexibility index (Phi) is 5.36. The molecule has 1 atom stereocenters. The molecule has 0 aromatic heterocycles. The van der Waals surface area contributed by atoms with Crippen LogP contribution in [0.2, 0.25) is 0 Å². The molecule has 2 aromatic carbocycles. The zero-order chi connectivity index (χ0) is 17.0. The van der Waals surface area contributed by atoms with Crippen LogP contribution >= 0.6 is 11.8 Å². The Morgan fingerprint density at radius 3 is 2.26 bits per heavy atom. The van der Waals surface area contributed by atoms with Crippen molar-refractivity contribution in [3.05, 3.63) is 65.2 Å². The summed E-state index contributed by atoms with van der Waals surface area (Å²) in [5, 5.41) is 2.62. The summed E-state index contributed by atoms with van der Waals surface area (Å²) in [6.45, 7) is 1.74. The molecule has 0 spiro atoms.